The highest BCUT2D eigenvalue weighted by molar-refractivity contribution is 5.85. The largest absolute Gasteiger partial charge is 0.313 e. The summed E-state index contributed by atoms with van der Waals surface area (Å²) >= 11 is 0. The second-order valence-corrected chi connectivity index (χ2v) is 5.96. The molecule has 0 unspecified atom stereocenters. The van der Waals surface area contributed by atoms with Gasteiger partial charge < -0.3 is 5.01 Å². The fourth-order valence-electron chi connectivity index (χ4n) is 3.55. The van der Waals surface area contributed by atoms with Gasteiger partial charge in [0.05, 0.1) is 5.52 Å². The fraction of sp³-hybridized carbons (Fsp3) is 0.556. The molecule has 0 saturated heterocycles. The highest BCUT2D eigenvalue weighted by Crippen LogP contribution is 2.29. The van der Waals surface area contributed by atoms with Gasteiger partial charge in [-0.15, -0.1) is 0 Å². The summed E-state index contributed by atoms with van der Waals surface area (Å²) in [5, 5.41) is 3.97. The smallest absolute Gasteiger partial charge is 0.0697 e. The van der Waals surface area contributed by atoms with Crippen molar-refractivity contribution in [3.63, 3.8) is 0 Å². The number of rotatable bonds is 5. The third-order valence-corrected chi connectivity index (χ3v) is 4.45. The lowest BCUT2D eigenvalue weighted by Crippen LogP contribution is -2.35. The number of nitrogens with zero attached hydrogens (tertiary/aromatic N) is 2. The van der Waals surface area contributed by atoms with Crippen LogP contribution in [0.15, 0.2) is 24.4 Å². The first-order valence-corrected chi connectivity index (χ1v) is 8.22. The SMILES string of the molecule is CCCN(CCC)n1ccc2c3c(ccc21)CCCC3. The van der Waals surface area contributed by atoms with Crippen molar-refractivity contribution in [1.29, 1.82) is 0 Å². The maximum atomic E-state index is 2.48. The van der Waals surface area contributed by atoms with Crippen LogP contribution in [-0.4, -0.2) is 17.8 Å². The molecule has 1 aromatic heterocycles. The lowest BCUT2D eigenvalue weighted by molar-refractivity contribution is 0.584. The predicted molar refractivity (Wildman–Crippen MR) is 87.1 cm³/mol. The lowest BCUT2D eigenvalue weighted by Gasteiger charge is -2.26. The van der Waals surface area contributed by atoms with Crippen molar-refractivity contribution in [1.82, 2.24) is 4.68 Å². The molecule has 0 bridgehead atoms. The molecule has 0 saturated carbocycles. The van der Waals surface area contributed by atoms with Crippen LogP contribution in [0.5, 0.6) is 0 Å². The van der Waals surface area contributed by atoms with E-state index in [1.54, 1.807) is 11.1 Å². The first kappa shape index (κ1) is 13.5. The Hall–Kier alpha value is -1.44. The van der Waals surface area contributed by atoms with Gasteiger partial charge in [-0.25, -0.2) is 0 Å². The molecule has 2 nitrogen and oxygen atoms in total. The molecule has 3 rings (SSSR count). The van der Waals surface area contributed by atoms with E-state index < -0.39 is 0 Å². The van der Waals surface area contributed by atoms with E-state index in [9.17, 15) is 0 Å². The van der Waals surface area contributed by atoms with E-state index in [1.807, 2.05) is 0 Å². The van der Waals surface area contributed by atoms with Gasteiger partial charge in [0.2, 0.25) is 0 Å². The molecule has 0 aliphatic heterocycles. The molecule has 2 heteroatoms. The first-order valence-electron chi connectivity index (χ1n) is 8.22. The zero-order valence-corrected chi connectivity index (χ0v) is 12.9. The molecular weight excluding hydrogens is 244 g/mol. The van der Waals surface area contributed by atoms with Crippen LogP contribution in [0.1, 0.15) is 50.7 Å². The quantitative estimate of drug-likeness (QED) is 0.787. The summed E-state index contributed by atoms with van der Waals surface area (Å²) < 4.78 is 2.39. The number of aryl methyl sites for hydroxylation is 2. The van der Waals surface area contributed by atoms with Gasteiger partial charge in [-0.2, -0.15) is 0 Å². The molecule has 20 heavy (non-hydrogen) atoms. The second kappa shape index (κ2) is 5.90. The maximum Gasteiger partial charge on any atom is 0.0697 e. The normalized spacial score (nSPS) is 14.5. The van der Waals surface area contributed by atoms with E-state index in [2.05, 4.69) is 47.9 Å². The molecule has 1 aliphatic carbocycles. The molecule has 0 atom stereocenters. The molecule has 0 fully saturated rings. The van der Waals surface area contributed by atoms with Crippen molar-refractivity contribution < 1.29 is 0 Å². The summed E-state index contributed by atoms with van der Waals surface area (Å²) in [7, 11) is 0. The van der Waals surface area contributed by atoms with Crippen LogP contribution in [-0.2, 0) is 12.8 Å². The molecule has 0 amide bonds. The van der Waals surface area contributed by atoms with E-state index in [-0.39, 0.29) is 0 Å². The number of benzene rings is 1. The van der Waals surface area contributed by atoms with Gasteiger partial charge in [-0.05, 0) is 61.8 Å². The lowest BCUT2D eigenvalue weighted by atomic mass is 9.89. The fourth-order valence-corrected chi connectivity index (χ4v) is 3.55. The Bertz CT molecular complexity index is 576. The van der Waals surface area contributed by atoms with Gasteiger partial charge in [0, 0.05) is 24.7 Å². The van der Waals surface area contributed by atoms with Gasteiger partial charge in [-0.3, -0.25) is 4.68 Å². The Kier molecular flexibility index (Phi) is 4.00. The number of aromatic nitrogens is 1. The molecule has 1 aromatic carbocycles. The zero-order chi connectivity index (χ0) is 13.9. The van der Waals surface area contributed by atoms with Crippen LogP contribution in [0.4, 0.5) is 0 Å². The summed E-state index contributed by atoms with van der Waals surface area (Å²) in [5.74, 6) is 0. The predicted octanol–water partition coefficient (Wildman–Crippen LogP) is 4.28. The third kappa shape index (κ3) is 2.32. The van der Waals surface area contributed by atoms with Gasteiger partial charge in [0.25, 0.3) is 0 Å². The van der Waals surface area contributed by atoms with Gasteiger partial charge in [0.15, 0.2) is 0 Å². The van der Waals surface area contributed by atoms with Crippen LogP contribution < -0.4 is 5.01 Å². The van der Waals surface area contributed by atoms with Gasteiger partial charge in [-0.1, -0.05) is 19.9 Å². The van der Waals surface area contributed by atoms with E-state index >= 15 is 0 Å². The zero-order valence-electron chi connectivity index (χ0n) is 12.9. The molecular formula is C18H26N2. The third-order valence-electron chi connectivity index (χ3n) is 4.45. The highest BCUT2D eigenvalue weighted by atomic mass is 15.5. The topological polar surface area (TPSA) is 8.17 Å². The molecule has 1 heterocycles. The van der Waals surface area contributed by atoms with E-state index in [4.69, 9.17) is 0 Å². The Morgan fingerprint density at radius 2 is 1.75 bits per heavy atom. The van der Waals surface area contributed by atoms with Crippen molar-refractivity contribution in [2.45, 2.75) is 52.4 Å². The minimum atomic E-state index is 1.13. The average molecular weight is 270 g/mol. The monoisotopic (exact) mass is 270 g/mol. The van der Waals surface area contributed by atoms with Crippen LogP contribution >= 0.6 is 0 Å². The number of fused-ring (bicyclic) bond motifs is 3. The molecule has 1 aliphatic rings. The van der Waals surface area contributed by atoms with Crippen LogP contribution in [0.25, 0.3) is 10.9 Å². The Labute approximate surface area is 122 Å². The highest BCUT2D eigenvalue weighted by Gasteiger charge is 2.15. The van der Waals surface area contributed by atoms with Gasteiger partial charge >= 0.3 is 0 Å². The molecule has 0 spiro atoms. The second-order valence-electron chi connectivity index (χ2n) is 5.96. The number of hydrogen-bond donors (Lipinski definition) is 0. The minimum Gasteiger partial charge on any atom is -0.313 e. The van der Waals surface area contributed by atoms with Crippen molar-refractivity contribution in [3.05, 3.63) is 35.5 Å². The van der Waals surface area contributed by atoms with Crippen molar-refractivity contribution in [2.75, 3.05) is 18.1 Å². The van der Waals surface area contributed by atoms with Crippen LogP contribution in [0.2, 0.25) is 0 Å². The number of hydrogen-bond acceptors (Lipinski definition) is 1. The van der Waals surface area contributed by atoms with E-state index in [1.165, 1.54) is 49.4 Å². The van der Waals surface area contributed by atoms with Crippen LogP contribution in [0, 0.1) is 0 Å². The van der Waals surface area contributed by atoms with E-state index in [0.717, 1.165) is 13.1 Å². The Morgan fingerprint density at radius 3 is 2.50 bits per heavy atom. The Balaban J connectivity index is 2.04. The van der Waals surface area contributed by atoms with E-state index in [0.29, 0.717) is 0 Å². The summed E-state index contributed by atoms with van der Waals surface area (Å²) in [6.07, 6.45) is 9.91. The molecule has 0 N–H and O–H groups in total. The van der Waals surface area contributed by atoms with Crippen molar-refractivity contribution in [3.8, 4) is 0 Å². The van der Waals surface area contributed by atoms with Crippen LogP contribution in [0.3, 0.4) is 0 Å². The minimum absolute atomic E-state index is 1.13. The first-order chi connectivity index (χ1) is 9.85. The Morgan fingerprint density at radius 1 is 1.00 bits per heavy atom. The summed E-state index contributed by atoms with van der Waals surface area (Å²) in [4.78, 5) is 0. The molecule has 108 valence electrons. The maximum absolute atomic E-state index is 2.48. The molecule has 0 radical (unpaired) electrons. The summed E-state index contributed by atoms with van der Waals surface area (Å²) in [6, 6.07) is 7.03. The van der Waals surface area contributed by atoms with Crippen molar-refractivity contribution >= 4 is 10.9 Å². The summed E-state index contributed by atoms with van der Waals surface area (Å²) in [6.45, 7) is 6.79. The summed E-state index contributed by atoms with van der Waals surface area (Å²) in [5.41, 5.74) is 4.59. The molecule has 2 aromatic rings. The van der Waals surface area contributed by atoms with Gasteiger partial charge in [0.1, 0.15) is 0 Å². The average Bonchev–Trinajstić information content (AvgIpc) is 2.91. The standard InChI is InChI=1S/C18H26N2/c1-3-12-19(13-4-2)20-14-11-17-16-8-6-5-7-15(16)9-10-18(17)20/h9-11,14H,3-8,12-13H2,1-2H3. The van der Waals surface area contributed by atoms with Crippen molar-refractivity contribution in [2.24, 2.45) is 0 Å².